The van der Waals surface area contributed by atoms with Gasteiger partial charge in [-0.1, -0.05) is 17.8 Å². The predicted molar refractivity (Wildman–Crippen MR) is 54.4 cm³/mol. The largest absolute Gasteiger partial charge is 0.319 e. The molecule has 1 heterocycles. The van der Waals surface area contributed by atoms with Gasteiger partial charge in [0.1, 0.15) is 5.82 Å². The van der Waals surface area contributed by atoms with E-state index >= 15 is 0 Å². The number of pyridine rings is 1. The van der Waals surface area contributed by atoms with E-state index < -0.39 is 0 Å². The van der Waals surface area contributed by atoms with Crippen LogP contribution in [-0.2, 0) is 0 Å². The average Bonchev–Trinajstić information content (AvgIpc) is 2.19. The highest BCUT2D eigenvalue weighted by Gasteiger charge is 1.97. The molecule has 1 aromatic rings. The minimum absolute atomic E-state index is 0.543. The number of nitriles is 1. The maximum Gasteiger partial charge on any atom is 0.208 e. The lowest BCUT2D eigenvalue weighted by atomic mass is 10.5. The van der Waals surface area contributed by atoms with Crippen LogP contribution in [0.25, 0.3) is 0 Å². The monoisotopic (exact) mass is 192 g/mol. The standard InChI is InChI=1S/C8H8N4S/c1-13-8(11-6-9)12-7-4-2-3-5-10-7/h2-5H,1H3,(H,10,11,12). The SMILES string of the molecule is CSC(=NC#N)Nc1ccccn1. The number of aliphatic imine (C=N–C) groups is 1. The second-order valence-electron chi connectivity index (χ2n) is 2.06. The molecule has 0 saturated heterocycles. The molecule has 0 aliphatic heterocycles. The quantitative estimate of drug-likeness (QED) is 0.418. The van der Waals surface area contributed by atoms with Gasteiger partial charge in [-0.15, -0.1) is 4.99 Å². The van der Waals surface area contributed by atoms with Crippen LogP contribution in [-0.4, -0.2) is 16.4 Å². The summed E-state index contributed by atoms with van der Waals surface area (Å²) in [4.78, 5) is 7.61. The van der Waals surface area contributed by atoms with Crippen molar-refractivity contribution in [1.82, 2.24) is 4.98 Å². The molecule has 1 rings (SSSR count). The van der Waals surface area contributed by atoms with Crippen LogP contribution in [0, 0.1) is 11.5 Å². The van der Waals surface area contributed by atoms with Crippen LogP contribution in [0.1, 0.15) is 0 Å². The first-order valence-electron chi connectivity index (χ1n) is 3.55. The number of rotatable bonds is 1. The summed E-state index contributed by atoms with van der Waals surface area (Å²) in [5.41, 5.74) is 0. The smallest absolute Gasteiger partial charge is 0.208 e. The van der Waals surface area contributed by atoms with Crippen molar-refractivity contribution in [3.8, 4) is 6.19 Å². The van der Waals surface area contributed by atoms with Crippen molar-refractivity contribution < 1.29 is 0 Å². The van der Waals surface area contributed by atoms with E-state index in [9.17, 15) is 0 Å². The van der Waals surface area contributed by atoms with Gasteiger partial charge >= 0.3 is 0 Å². The molecule has 1 aromatic heterocycles. The van der Waals surface area contributed by atoms with Crippen molar-refractivity contribution >= 4 is 22.7 Å². The fourth-order valence-corrected chi connectivity index (χ4v) is 1.06. The van der Waals surface area contributed by atoms with Gasteiger partial charge in [-0.25, -0.2) is 4.98 Å². The molecule has 0 radical (unpaired) electrons. The molecule has 5 heteroatoms. The molecule has 0 spiro atoms. The molecule has 1 N–H and O–H groups in total. The van der Waals surface area contributed by atoms with Crippen LogP contribution in [0.3, 0.4) is 0 Å². The molecule has 0 atom stereocenters. The number of anilines is 1. The van der Waals surface area contributed by atoms with Gasteiger partial charge in [0.2, 0.25) is 6.19 Å². The zero-order chi connectivity index (χ0) is 9.52. The summed E-state index contributed by atoms with van der Waals surface area (Å²) in [5.74, 6) is 0.686. The van der Waals surface area contributed by atoms with E-state index in [1.54, 1.807) is 12.4 Å². The summed E-state index contributed by atoms with van der Waals surface area (Å²) < 4.78 is 0. The zero-order valence-corrected chi connectivity index (χ0v) is 7.88. The first kappa shape index (κ1) is 9.55. The van der Waals surface area contributed by atoms with E-state index in [1.807, 2.05) is 24.5 Å². The Labute approximate surface area is 80.7 Å². The third-order valence-electron chi connectivity index (χ3n) is 1.24. The van der Waals surface area contributed by atoms with Gasteiger partial charge in [0.15, 0.2) is 5.17 Å². The molecule has 0 unspecified atom stereocenters. The number of nitrogens with one attached hydrogen (secondary N) is 1. The lowest BCUT2D eigenvalue weighted by Crippen LogP contribution is -2.07. The zero-order valence-electron chi connectivity index (χ0n) is 7.06. The molecular formula is C8H8N4S. The summed E-state index contributed by atoms with van der Waals surface area (Å²) >= 11 is 1.37. The molecule has 0 aliphatic rings. The minimum Gasteiger partial charge on any atom is -0.319 e. The van der Waals surface area contributed by atoms with Gasteiger partial charge in [0.25, 0.3) is 0 Å². The van der Waals surface area contributed by atoms with Crippen molar-refractivity contribution in [2.24, 2.45) is 4.99 Å². The van der Waals surface area contributed by atoms with Gasteiger partial charge < -0.3 is 5.32 Å². The molecule has 0 aromatic carbocycles. The number of nitrogens with zero attached hydrogens (tertiary/aromatic N) is 3. The molecule has 13 heavy (non-hydrogen) atoms. The van der Waals surface area contributed by atoms with Crippen LogP contribution < -0.4 is 5.32 Å². The highest BCUT2D eigenvalue weighted by molar-refractivity contribution is 8.13. The average molecular weight is 192 g/mol. The molecule has 66 valence electrons. The summed E-state index contributed by atoms with van der Waals surface area (Å²) in [6, 6.07) is 5.49. The third kappa shape index (κ3) is 3.13. The lowest BCUT2D eigenvalue weighted by Gasteiger charge is -2.02. The fourth-order valence-electron chi connectivity index (χ4n) is 0.716. The van der Waals surface area contributed by atoms with Crippen molar-refractivity contribution in [2.45, 2.75) is 0 Å². The van der Waals surface area contributed by atoms with E-state index in [1.165, 1.54) is 11.8 Å². The van der Waals surface area contributed by atoms with E-state index in [4.69, 9.17) is 5.26 Å². The van der Waals surface area contributed by atoms with E-state index in [2.05, 4.69) is 15.3 Å². The Balaban J connectivity index is 2.69. The van der Waals surface area contributed by atoms with Crippen molar-refractivity contribution in [3.05, 3.63) is 24.4 Å². The van der Waals surface area contributed by atoms with E-state index in [0.717, 1.165) is 0 Å². The topological polar surface area (TPSA) is 61.1 Å². The Morgan fingerprint density at radius 2 is 2.54 bits per heavy atom. The number of amidine groups is 1. The summed E-state index contributed by atoms with van der Waals surface area (Å²) in [6.45, 7) is 0. The normalized spacial score (nSPS) is 10.6. The molecule has 0 aliphatic carbocycles. The first-order valence-corrected chi connectivity index (χ1v) is 4.78. The molecule has 0 amide bonds. The van der Waals surface area contributed by atoms with Crippen molar-refractivity contribution in [3.63, 3.8) is 0 Å². The van der Waals surface area contributed by atoms with E-state index in [0.29, 0.717) is 11.0 Å². The Morgan fingerprint density at radius 3 is 3.08 bits per heavy atom. The number of hydrogen-bond donors (Lipinski definition) is 1. The summed E-state index contributed by atoms with van der Waals surface area (Å²) in [5, 5.41) is 11.8. The maximum absolute atomic E-state index is 8.33. The van der Waals surface area contributed by atoms with Crippen LogP contribution in [0.5, 0.6) is 0 Å². The second kappa shape index (κ2) is 5.17. The van der Waals surface area contributed by atoms with Crippen LogP contribution in [0.4, 0.5) is 5.82 Å². The molecule has 4 nitrogen and oxygen atoms in total. The second-order valence-corrected chi connectivity index (χ2v) is 2.86. The Morgan fingerprint density at radius 1 is 1.69 bits per heavy atom. The lowest BCUT2D eigenvalue weighted by molar-refractivity contribution is 1.32. The fraction of sp³-hybridized carbons (Fsp3) is 0.125. The molecule has 0 bridgehead atoms. The Hall–Kier alpha value is -1.54. The number of thioether (sulfide) groups is 1. The number of hydrogen-bond acceptors (Lipinski definition) is 4. The molecule has 0 saturated carbocycles. The minimum atomic E-state index is 0.543. The van der Waals surface area contributed by atoms with Crippen molar-refractivity contribution in [1.29, 1.82) is 5.26 Å². The maximum atomic E-state index is 8.33. The highest BCUT2D eigenvalue weighted by Crippen LogP contribution is 2.05. The Kier molecular flexibility index (Phi) is 3.79. The van der Waals surface area contributed by atoms with Gasteiger partial charge in [-0.3, -0.25) is 0 Å². The van der Waals surface area contributed by atoms with Crippen LogP contribution >= 0.6 is 11.8 Å². The van der Waals surface area contributed by atoms with Gasteiger partial charge in [0.05, 0.1) is 0 Å². The number of aromatic nitrogens is 1. The third-order valence-corrected chi connectivity index (χ3v) is 1.82. The van der Waals surface area contributed by atoms with Crippen LogP contribution in [0.2, 0.25) is 0 Å². The van der Waals surface area contributed by atoms with Gasteiger partial charge in [-0.05, 0) is 18.4 Å². The first-order chi connectivity index (χ1) is 6.36. The Bertz CT molecular complexity index is 328. The molecular weight excluding hydrogens is 184 g/mol. The highest BCUT2D eigenvalue weighted by atomic mass is 32.2. The van der Waals surface area contributed by atoms with Gasteiger partial charge in [-0.2, -0.15) is 5.26 Å². The van der Waals surface area contributed by atoms with Gasteiger partial charge in [0, 0.05) is 6.20 Å². The van der Waals surface area contributed by atoms with E-state index in [-0.39, 0.29) is 0 Å². The summed E-state index contributed by atoms with van der Waals surface area (Å²) in [6.07, 6.45) is 5.23. The molecule has 0 fully saturated rings. The van der Waals surface area contributed by atoms with Crippen LogP contribution in [0.15, 0.2) is 29.4 Å². The predicted octanol–water partition coefficient (Wildman–Crippen LogP) is 1.69. The van der Waals surface area contributed by atoms with Crippen molar-refractivity contribution in [2.75, 3.05) is 11.6 Å². The summed E-state index contributed by atoms with van der Waals surface area (Å²) in [7, 11) is 0.